The second-order valence-corrected chi connectivity index (χ2v) is 2.74. The summed E-state index contributed by atoms with van der Waals surface area (Å²) in [7, 11) is 0. The minimum Gasteiger partial charge on any atom is -0.481 e. The fourth-order valence-corrected chi connectivity index (χ4v) is 1.28. The van der Waals surface area contributed by atoms with Crippen LogP contribution in [-0.4, -0.2) is 16.9 Å². The van der Waals surface area contributed by atoms with Crippen molar-refractivity contribution >= 4 is 11.8 Å². The number of hydrogen-bond acceptors (Lipinski definition) is 2. The zero-order chi connectivity index (χ0) is 7.72. The monoisotopic (exact) mass is 142 g/mol. The zero-order valence-corrected chi connectivity index (χ0v) is 5.83. The van der Waals surface area contributed by atoms with Crippen molar-refractivity contribution in [3.05, 3.63) is 0 Å². The number of carboxylic acid groups (broad SMARTS) is 1. The van der Waals surface area contributed by atoms with E-state index in [1.807, 2.05) is 0 Å². The van der Waals surface area contributed by atoms with Gasteiger partial charge < -0.3 is 5.11 Å². The fourth-order valence-electron chi connectivity index (χ4n) is 1.28. The van der Waals surface area contributed by atoms with Crippen LogP contribution >= 0.6 is 0 Å². The predicted octanol–water partition coefficient (Wildman–Crippen LogP) is 0.686. The Morgan fingerprint density at radius 3 is 1.90 bits per heavy atom. The number of hydrogen-bond donors (Lipinski definition) is 1. The van der Waals surface area contributed by atoms with Crippen molar-refractivity contribution in [2.75, 3.05) is 0 Å². The lowest BCUT2D eigenvalue weighted by Gasteiger charge is -2.30. The average Bonchev–Trinajstić information content (AvgIpc) is 1.56. The Morgan fingerprint density at radius 1 is 1.30 bits per heavy atom. The highest BCUT2D eigenvalue weighted by atomic mass is 16.4. The van der Waals surface area contributed by atoms with Crippen LogP contribution in [0.25, 0.3) is 0 Å². The molecule has 0 bridgehead atoms. The SMILES string of the molecule is CC(=O)[C@@H]1CC[C@H]1C(=O)O. The van der Waals surface area contributed by atoms with Gasteiger partial charge in [-0.3, -0.25) is 9.59 Å². The van der Waals surface area contributed by atoms with Gasteiger partial charge >= 0.3 is 5.97 Å². The summed E-state index contributed by atoms with van der Waals surface area (Å²) in [6, 6.07) is 0. The molecule has 0 spiro atoms. The Balaban J connectivity index is 2.51. The smallest absolute Gasteiger partial charge is 0.307 e. The van der Waals surface area contributed by atoms with E-state index in [1.54, 1.807) is 0 Å². The van der Waals surface area contributed by atoms with Gasteiger partial charge in [0, 0.05) is 5.92 Å². The largest absolute Gasteiger partial charge is 0.481 e. The van der Waals surface area contributed by atoms with Gasteiger partial charge in [-0.05, 0) is 19.8 Å². The molecule has 0 saturated heterocycles. The van der Waals surface area contributed by atoms with Gasteiger partial charge in [0.1, 0.15) is 5.78 Å². The van der Waals surface area contributed by atoms with E-state index < -0.39 is 11.9 Å². The molecule has 0 aromatic heterocycles. The van der Waals surface area contributed by atoms with Gasteiger partial charge in [-0.25, -0.2) is 0 Å². The number of rotatable bonds is 2. The number of carbonyl (C=O) groups excluding carboxylic acids is 1. The first-order chi connectivity index (χ1) is 4.63. The van der Waals surface area contributed by atoms with Crippen molar-refractivity contribution in [2.24, 2.45) is 11.8 Å². The van der Waals surface area contributed by atoms with Gasteiger partial charge in [-0.1, -0.05) is 0 Å². The summed E-state index contributed by atoms with van der Waals surface area (Å²) < 4.78 is 0. The van der Waals surface area contributed by atoms with E-state index in [-0.39, 0.29) is 11.7 Å². The molecule has 0 aromatic carbocycles. The highest BCUT2D eigenvalue weighted by Gasteiger charge is 2.39. The first-order valence-corrected chi connectivity index (χ1v) is 3.36. The van der Waals surface area contributed by atoms with Crippen molar-refractivity contribution < 1.29 is 14.7 Å². The number of ketones is 1. The Hall–Kier alpha value is -0.860. The van der Waals surface area contributed by atoms with Gasteiger partial charge in [0.05, 0.1) is 5.92 Å². The maximum atomic E-state index is 10.7. The molecule has 1 aliphatic carbocycles. The van der Waals surface area contributed by atoms with Gasteiger partial charge in [0.25, 0.3) is 0 Å². The Kier molecular flexibility index (Phi) is 1.74. The summed E-state index contributed by atoms with van der Waals surface area (Å²) in [5, 5.41) is 8.50. The van der Waals surface area contributed by atoms with E-state index in [0.29, 0.717) is 6.42 Å². The molecule has 1 N–H and O–H groups in total. The van der Waals surface area contributed by atoms with Crippen LogP contribution in [-0.2, 0) is 9.59 Å². The number of carboxylic acids is 1. The van der Waals surface area contributed by atoms with Gasteiger partial charge in [-0.2, -0.15) is 0 Å². The van der Waals surface area contributed by atoms with Crippen molar-refractivity contribution in [1.29, 1.82) is 0 Å². The molecule has 2 atom stereocenters. The summed E-state index contributed by atoms with van der Waals surface area (Å²) >= 11 is 0. The molecular weight excluding hydrogens is 132 g/mol. The summed E-state index contributed by atoms with van der Waals surface area (Å²) in [6.07, 6.45) is 1.42. The molecule has 1 saturated carbocycles. The first-order valence-electron chi connectivity index (χ1n) is 3.36. The molecule has 0 unspecified atom stereocenters. The van der Waals surface area contributed by atoms with E-state index in [0.717, 1.165) is 6.42 Å². The molecule has 10 heavy (non-hydrogen) atoms. The van der Waals surface area contributed by atoms with E-state index in [9.17, 15) is 9.59 Å². The summed E-state index contributed by atoms with van der Waals surface area (Å²) in [5.41, 5.74) is 0. The molecule has 1 rings (SSSR count). The molecule has 56 valence electrons. The van der Waals surface area contributed by atoms with Crippen LogP contribution in [0.15, 0.2) is 0 Å². The quantitative estimate of drug-likeness (QED) is 0.617. The van der Waals surface area contributed by atoms with Crippen LogP contribution < -0.4 is 0 Å². The number of aliphatic carboxylic acids is 1. The van der Waals surface area contributed by atoms with Crippen LogP contribution in [0, 0.1) is 11.8 Å². The minimum absolute atomic E-state index is 0.0126. The van der Waals surface area contributed by atoms with Gasteiger partial charge in [0.15, 0.2) is 0 Å². The highest BCUT2D eigenvalue weighted by molar-refractivity contribution is 5.86. The lowest BCUT2D eigenvalue weighted by molar-refractivity contribution is -0.151. The Labute approximate surface area is 59.0 Å². The fraction of sp³-hybridized carbons (Fsp3) is 0.714. The zero-order valence-electron chi connectivity index (χ0n) is 5.83. The number of Topliss-reactive ketones (excluding diaryl/α,β-unsaturated/α-hetero) is 1. The van der Waals surface area contributed by atoms with E-state index >= 15 is 0 Å². The molecular formula is C7H10O3. The normalized spacial score (nSPS) is 30.9. The van der Waals surface area contributed by atoms with Crippen molar-refractivity contribution in [3.63, 3.8) is 0 Å². The molecule has 1 aliphatic rings. The maximum Gasteiger partial charge on any atom is 0.307 e. The molecule has 0 radical (unpaired) electrons. The van der Waals surface area contributed by atoms with Crippen LogP contribution in [0.2, 0.25) is 0 Å². The minimum atomic E-state index is -0.827. The molecule has 0 amide bonds. The van der Waals surface area contributed by atoms with Gasteiger partial charge in [-0.15, -0.1) is 0 Å². The van der Waals surface area contributed by atoms with Crippen LogP contribution in [0.4, 0.5) is 0 Å². The molecule has 0 heterocycles. The third-order valence-electron chi connectivity index (χ3n) is 2.11. The van der Waals surface area contributed by atoms with Gasteiger partial charge in [0.2, 0.25) is 0 Å². The van der Waals surface area contributed by atoms with E-state index in [2.05, 4.69) is 0 Å². The lowest BCUT2D eigenvalue weighted by Crippen LogP contribution is -2.36. The standard InChI is InChI=1S/C7H10O3/c1-4(8)5-2-3-6(5)7(9)10/h5-6H,2-3H2,1H3,(H,9,10)/t5-,6+/m0/s1. The van der Waals surface area contributed by atoms with Crippen LogP contribution in [0.1, 0.15) is 19.8 Å². The van der Waals surface area contributed by atoms with E-state index in [1.165, 1.54) is 6.92 Å². The lowest BCUT2D eigenvalue weighted by atomic mass is 9.72. The molecule has 3 nitrogen and oxygen atoms in total. The molecule has 0 aromatic rings. The summed E-state index contributed by atoms with van der Waals surface area (Å²) in [4.78, 5) is 21.0. The molecule has 3 heteroatoms. The van der Waals surface area contributed by atoms with Crippen LogP contribution in [0.5, 0.6) is 0 Å². The number of carbonyl (C=O) groups is 2. The van der Waals surface area contributed by atoms with Crippen LogP contribution in [0.3, 0.4) is 0 Å². The first kappa shape index (κ1) is 7.25. The molecule has 0 aliphatic heterocycles. The average molecular weight is 142 g/mol. The van der Waals surface area contributed by atoms with Crippen molar-refractivity contribution in [1.82, 2.24) is 0 Å². The van der Waals surface area contributed by atoms with E-state index in [4.69, 9.17) is 5.11 Å². The second kappa shape index (κ2) is 2.40. The Morgan fingerprint density at radius 2 is 1.80 bits per heavy atom. The topological polar surface area (TPSA) is 54.4 Å². The van der Waals surface area contributed by atoms with Crippen molar-refractivity contribution in [2.45, 2.75) is 19.8 Å². The highest BCUT2D eigenvalue weighted by Crippen LogP contribution is 2.34. The summed E-state index contributed by atoms with van der Waals surface area (Å²) in [5.74, 6) is -1.40. The second-order valence-electron chi connectivity index (χ2n) is 2.74. The summed E-state index contributed by atoms with van der Waals surface area (Å²) in [6.45, 7) is 1.46. The maximum absolute atomic E-state index is 10.7. The van der Waals surface area contributed by atoms with Crippen molar-refractivity contribution in [3.8, 4) is 0 Å². The Bertz CT molecular complexity index is 154. The third-order valence-corrected chi connectivity index (χ3v) is 2.11. The third kappa shape index (κ3) is 1.03. The molecule has 1 fully saturated rings. The predicted molar refractivity (Wildman–Crippen MR) is 34.5 cm³/mol.